The van der Waals surface area contributed by atoms with Gasteiger partial charge < -0.3 is 10.3 Å². The van der Waals surface area contributed by atoms with E-state index in [0.717, 1.165) is 12.0 Å². The molecule has 0 bridgehead atoms. The lowest BCUT2D eigenvalue weighted by molar-refractivity contribution is 0.390. The van der Waals surface area contributed by atoms with Crippen LogP contribution >= 0.6 is 0 Å². The lowest BCUT2D eigenvalue weighted by Crippen LogP contribution is -2.23. The van der Waals surface area contributed by atoms with Crippen molar-refractivity contribution in [2.45, 2.75) is 31.7 Å². The van der Waals surface area contributed by atoms with E-state index in [0.29, 0.717) is 17.1 Å². The Kier molecular flexibility index (Phi) is 4.10. The Morgan fingerprint density at radius 2 is 2.10 bits per heavy atom. The van der Waals surface area contributed by atoms with Crippen LogP contribution in [0.25, 0.3) is 0 Å². The summed E-state index contributed by atoms with van der Waals surface area (Å²) in [4.78, 5) is 0.146. The van der Waals surface area contributed by atoms with Crippen molar-refractivity contribution in [3.8, 4) is 0 Å². The van der Waals surface area contributed by atoms with Crippen LogP contribution < -0.4 is 10.5 Å². The fourth-order valence-electron chi connectivity index (χ4n) is 1.82. The predicted octanol–water partition coefficient (Wildman–Crippen LogP) is 1.61. The zero-order valence-corrected chi connectivity index (χ0v) is 12.2. The number of nitrogens with zero attached hydrogens (tertiary/aromatic N) is 1. The second kappa shape index (κ2) is 5.64. The number of aromatic nitrogens is 1. The van der Waals surface area contributed by atoms with Crippen LogP contribution in [0.4, 0.5) is 5.69 Å². The molecule has 0 saturated heterocycles. The van der Waals surface area contributed by atoms with Crippen molar-refractivity contribution >= 4 is 15.7 Å². The molecule has 108 valence electrons. The molecule has 0 radical (unpaired) electrons. The van der Waals surface area contributed by atoms with E-state index in [9.17, 15) is 8.42 Å². The second-order valence-corrected chi connectivity index (χ2v) is 6.23. The van der Waals surface area contributed by atoms with Crippen molar-refractivity contribution in [2.75, 3.05) is 5.73 Å². The van der Waals surface area contributed by atoms with E-state index in [1.54, 1.807) is 25.1 Å². The molecule has 0 unspecified atom stereocenters. The fourth-order valence-corrected chi connectivity index (χ4v) is 2.85. The highest BCUT2D eigenvalue weighted by Gasteiger charge is 2.15. The van der Waals surface area contributed by atoms with Gasteiger partial charge in [-0.25, -0.2) is 13.1 Å². The van der Waals surface area contributed by atoms with Crippen LogP contribution in [0.15, 0.2) is 33.7 Å². The lowest BCUT2D eigenvalue weighted by atomic mass is 10.1. The van der Waals surface area contributed by atoms with Crippen LogP contribution in [-0.4, -0.2) is 13.6 Å². The van der Waals surface area contributed by atoms with Crippen LogP contribution in [0.2, 0.25) is 0 Å². The number of aryl methyl sites for hydroxylation is 2. The minimum Gasteiger partial charge on any atom is -0.398 e. The monoisotopic (exact) mass is 295 g/mol. The third-order valence-corrected chi connectivity index (χ3v) is 4.33. The first-order valence-corrected chi connectivity index (χ1v) is 7.71. The van der Waals surface area contributed by atoms with Crippen molar-refractivity contribution in [2.24, 2.45) is 0 Å². The van der Waals surface area contributed by atoms with E-state index in [4.69, 9.17) is 10.3 Å². The van der Waals surface area contributed by atoms with E-state index >= 15 is 0 Å². The molecule has 0 aliphatic heterocycles. The van der Waals surface area contributed by atoms with Gasteiger partial charge in [0.25, 0.3) is 0 Å². The first kappa shape index (κ1) is 14.5. The molecule has 0 amide bonds. The summed E-state index contributed by atoms with van der Waals surface area (Å²) in [5.41, 5.74) is 7.76. The summed E-state index contributed by atoms with van der Waals surface area (Å²) in [6.07, 6.45) is 0.762. The standard InChI is InChI=1S/C13H17N3O3S/c1-3-10-4-5-12(7-13(10)14)20(17,18)15-8-11-6-9(2)19-16-11/h4-7,15H,3,8,14H2,1-2H3. The summed E-state index contributed by atoms with van der Waals surface area (Å²) in [5, 5.41) is 3.73. The van der Waals surface area contributed by atoms with Crippen LogP contribution in [0.3, 0.4) is 0 Å². The number of hydrogen-bond acceptors (Lipinski definition) is 5. The molecule has 0 aliphatic carbocycles. The van der Waals surface area contributed by atoms with E-state index in [1.807, 2.05) is 6.92 Å². The minimum atomic E-state index is -3.61. The van der Waals surface area contributed by atoms with Gasteiger partial charge in [-0.3, -0.25) is 0 Å². The van der Waals surface area contributed by atoms with Gasteiger partial charge in [0.1, 0.15) is 5.76 Å². The van der Waals surface area contributed by atoms with Gasteiger partial charge in [-0.2, -0.15) is 0 Å². The van der Waals surface area contributed by atoms with E-state index in [-0.39, 0.29) is 11.4 Å². The maximum Gasteiger partial charge on any atom is 0.240 e. The average Bonchev–Trinajstić information content (AvgIpc) is 2.82. The third-order valence-electron chi connectivity index (χ3n) is 2.93. The molecular weight excluding hydrogens is 278 g/mol. The number of hydrogen-bond donors (Lipinski definition) is 2. The molecule has 2 rings (SSSR count). The molecule has 7 heteroatoms. The molecule has 0 saturated carbocycles. The van der Waals surface area contributed by atoms with Crippen molar-refractivity contribution in [3.63, 3.8) is 0 Å². The Morgan fingerprint density at radius 3 is 2.65 bits per heavy atom. The zero-order valence-electron chi connectivity index (χ0n) is 11.4. The third kappa shape index (κ3) is 3.17. The highest BCUT2D eigenvalue weighted by atomic mass is 32.2. The first-order valence-electron chi connectivity index (χ1n) is 6.22. The SMILES string of the molecule is CCc1ccc(S(=O)(=O)NCc2cc(C)on2)cc1N. The largest absolute Gasteiger partial charge is 0.398 e. The van der Waals surface area contributed by atoms with Crippen molar-refractivity contribution in [1.29, 1.82) is 0 Å². The molecule has 20 heavy (non-hydrogen) atoms. The van der Waals surface area contributed by atoms with Crippen LogP contribution in [0.1, 0.15) is 23.9 Å². The number of nitrogens with two attached hydrogens (primary N) is 1. The van der Waals surface area contributed by atoms with Gasteiger partial charge in [0, 0.05) is 11.8 Å². The molecule has 1 aromatic heterocycles. The Morgan fingerprint density at radius 1 is 1.35 bits per heavy atom. The Bertz CT molecular complexity index is 707. The number of nitrogens with one attached hydrogen (secondary N) is 1. The molecule has 0 fully saturated rings. The number of anilines is 1. The Hall–Kier alpha value is -1.86. The summed E-state index contributed by atoms with van der Waals surface area (Å²) in [6, 6.07) is 6.42. The quantitative estimate of drug-likeness (QED) is 0.816. The Labute approximate surface area is 118 Å². The van der Waals surface area contributed by atoms with Crippen molar-refractivity contribution in [3.05, 3.63) is 41.3 Å². The van der Waals surface area contributed by atoms with Gasteiger partial charge >= 0.3 is 0 Å². The number of nitrogen functional groups attached to an aromatic ring is 1. The molecule has 2 aromatic rings. The van der Waals surface area contributed by atoms with Crippen molar-refractivity contribution in [1.82, 2.24) is 9.88 Å². The minimum absolute atomic E-state index is 0.0785. The fraction of sp³-hybridized carbons (Fsp3) is 0.308. The molecular formula is C13H17N3O3S. The van der Waals surface area contributed by atoms with Crippen molar-refractivity contribution < 1.29 is 12.9 Å². The Balaban J connectivity index is 2.15. The predicted molar refractivity (Wildman–Crippen MR) is 75.5 cm³/mol. The van der Waals surface area contributed by atoms with Crippen LogP contribution in [0.5, 0.6) is 0 Å². The summed E-state index contributed by atoms with van der Waals surface area (Å²) >= 11 is 0. The maximum absolute atomic E-state index is 12.1. The second-order valence-electron chi connectivity index (χ2n) is 4.47. The van der Waals surface area contributed by atoms with Gasteiger partial charge in [0.15, 0.2) is 0 Å². The first-order chi connectivity index (χ1) is 9.42. The summed E-state index contributed by atoms with van der Waals surface area (Å²) in [6.45, 7) is 3.79. The molecule has 3 N–H and O–H groups in total. The number of sulfonamides is 1. The maximum atomic E-state index is 12.1. The van der Waals surface area contributed by atoms with Gasteiger partial charge in [-0.05, 0) is 31.0 Å². The van der Waals surface area contributed by atoms with Gasteiger partial charge in [-0.15, -0.1) is 0 Å². The smallest absolute Gasteiger partial charge is 0.240 e. The molecule has 0 aliphatic rings. The molecule has 1 aromatic carbocycles. The molecule has 1 heterocycles. The normalized spacial score (nSPS) is 11.7. The summed E-state index contributed by atoms with van der Waals surface area (Å²) in [7, 11) is -3.61. The van der Waals surface area contributed by atoms with Crippen LogP contribution in [-0.2, 0) is 23.0 Å². The van der Waals surface area contributed by atoms with E-state index in [2.05, 4.69) is 9.88 Å². The van der Waals surface area contributed by atoms with Gasteiger partial charge in [0.05, 0.1) is 17.1 Å². The lowest BCUT2D eigenvalue weighted by Gasteiger charge is -2.08. The average molecular weight is 295 g/mol. The zero-order chi connectivity index (χ0) is 14.8. The highest BCUT2D eigenvalue weighted by Crippen LogP contribution is 2.18. The molecule has 0 spiro atoms. The highest BCUT2D eigenvalue weighted by molar-refractivity contribution is 7.89. The molecule has 6 nitrogen and oxygen atoms in total. The molecule has 0 atom stereocenters. The number of benzene rings is 1. The number of rotatable bonds is 5. The summed E-state index contributed by atoms with van der Waals surface area (Å²) < 4.78 is 31.6. The van der Waals surface area contributed by atoms with Crippen LogP contribution in [0, 0.1) is 6.92 Å². The topological polar surface area (TPSA) is 98.2 Å². The summed E-state index contributed by atoms with van der Waals surface area (Å²) in [5.74, 6) is 0.635. The van der Waals surface area contributed by atoms with E-state index in [1.165, 1.54) is 6.07 Å². The van der Waals surface area contributed by atoms with Gasteiger partial charge in [-0.1, -0.05) is 18.1 Å². The van der Waals surface area contributed by atoms with Gasteiger partial charge in [0.2, 0.25) is 10.0 Å². The van der Waals surface area contributed by atoms with E-state index < -0.39 is 10.0 Å².